The average Bonchev–Trinajstić information content (AvgIpc) is 3.30. The number of aromatic nitrogens is 2. The third kappa shape index (κ3) is 4.14. The highest BCUT2D eigenvalue weighted by Gasteiger charge is 2.35. The molecule has 1 aliphatic rings. The van der Waals surface area contributed by atoms with Crippen LogP contribution in [0.1, 0.15) is 29.4 Å². The monoisotopic (exact) mass is 417 g/mol. The lowest BCUT2D eigenvalue weighted by Gasteiger charge is -2.17. The second-order valence-corrected chi connectivity index (χ2v) is 7.20. The van der Waals surface area contributed by atoms with E-state index in [4.69, 9.17) is 4.52 Å². The molecule has 0 saturated carbocycles. The number of hydrogen-bond acceptors (Lipinski definition) is 5. The molecule has 0 aliphatic carbocycles. The van der Waals surface area contributed by atoms with Gasteiger partial charge in [0.1, 0.15) is 5.75 Å². The molecule has 3 aromatic rings. The van der Waals surface area contributed by atoms with Crippen LogP contribution in [-0.4, -0.2) is 29.0 Å². The molecule has 1 amide bonds. The summed E-state index contributed by atoms with van der Waals surface area (Å²) in [7, 11) is 0. The van der Waals surface area contributed by atoms with E-state index in [-0.39, 0.29) is 29.8 Å². The summed E-state index contributed by atoms with van der Waals surface area (Å²) in [5.74, 6) is -0.0637. The summed E-state index contributed by atoms with van der Waals surface area (Å²) in [5, 5.41) is 3.90. The molecule has 1 saturated heterocycles. The number of halogens is 3. The Morgan fingerprint density at radius 1 is 1.10 bits per heavy atom. The van der Waals surface area contributed by atoms with Crippen molar-refractivity contribution in [3.05, 3.63) is 59.5 Å². The zero-order chi connectivity index (χ0) is 21.5. The van der Waals surface area contributed by atoms with Gasteiger partial charge in [-0.25, -0.2) is 0 Å². The predicted octanol–water partition coefficient (Wildman–Crippen LogP) is 4.77. The first-order valence-corrected chi connectivity index (χ1v) is 9.27. The van der Waals surface area contributed by atoms with Gasteiger partial charge in [-0.1, -0.05) is 11.2 Å². The number of hydrogen-bond donors (Lipinski definition) is 0. The molecule has 1 fully saturated rings. The first-order chi connectivity index (χ1) is 14.2. The smallest absolute Gasteiger partial charge is 0.406 e. The predicted molar refractivity (Wildman–Crippen MR) is 102 cm³/mol. The third-order valence-electron chi connectivity index (χ3n) is 5.06. The molecule has 9 heteroatoms. The van der Waals surface area contributed by atoms with Gasteiger partial charge in [0.05, 0.1) is 5.92 Å². The number of carbonyl (C=O) groups excluding carboxylic acids is 1. The molecule has 1 aliphatic heterocycles. The van der Waals surface area contributed by atoms with Crippen LogP contribution in [0.4, 0.5) is 18.9 Å². The van der Waals surface area contributed by atoms with E-state index >= 15 is 0 Å². The van der Waals surface area contributed by atoms with Crippen molar-refractivity contribution in [2.75, 3.05) is 11.4 Å². The van der Waals surface area contributed by atoms with Crippen LogP contribution in [0, 0.1) is 13.8 Å². The van der Waals surface area contributed by atoms with Gasteiger partial charge in [-0.05, 0) is 61.4 Å². The Balaban J connectivity index is 1.49. The summed E-state index contributed by atoms with van der Waals surface area (Å²) in [4.78, 5) is 18.6. The van der Waals surface area contributed by atoms with Crippen LogP contribution in [0.3, 0.4) is 0 Å². The lowest BCUT2D eigenvalue weighted by molar-refractivity contribution is -0.274. The highest BCUT2D eigenvalue weighted by atomic mass is 19.4. The van der Waals surface area contributed by atoms with Crippen molar-refractivity contribution in [3.63, 3.8) is 0 Å². The van der Waals surface area contributed by atoms with E-state index in [9.17, 15) is 18.0 Å². The molecule has 0 N–H and O–H groups in total. The van der Waals surface area contributed by atoms with Gasteiger partial charge < -0.3 is 14.2 Å². The fourth-order valence-corrected chi connectivity index (χ4v) is 3.34. The van der Waals surface area contributed by atoms with Crippen LogP contribution in [-0.2, 0) is 4.79 Å². The maximum atomic E-state index is 12.5. The lowest BCUT2D eigenvalue weighted by Crippen LogP contribution is -2.24. The summed E-state index contributed by atoms with van der Waals surface area (Å²) in [5.41, 5.74) is 3.55. The van der Waals surface area contributed by atoms with E-state index in [1.54, 1.807) is 4.90 Å². The van der Waals surface area contributed by atoms with E-state index < -0.39 is 6.36 Å². The van der Waals surface area contributed by atoms with E-state index in [1.165, 1.54) is 24.3 Å². The summed E-state index contributed by atoms with van der Waals surface area (Å²) in [6.45, 7) is 4.42. The Bertz CT molecular complexity index is 1080. The number of benzene rings is 2. The van der Waals surface area contributed by atoms with Crippen molar-refractivity contribution in [2.24, 2.45) is 0 Å². The number of carbonyl (C=O) groups is 1. The quantitative estimate of drug-likeness (QED) is 0.612. The molecular formula is C21H18F3N3O3. The number of nitrogens with zero attached hydrogens (tertiary/aromatic N) is 3. The summed E-state index contributed by atoms with van der Waals surface area (Å²) >= 11 is 0. The minimum absolute atomic E-state index is 0.0309. The van der Waals surface area contributed by atoms with E-state index in [1.807, 2.05) is 32.0 Å². The normalized spacial score (nSPS) is 16.9. The average molecular weight is 417 g/mol. The van der Waals surface area contributed by atoms with Gasteiger partial charge >= 0.3 is 6.36 Å². The summed E-state index contributed by atoms with van der Waals surface area (Å²) in [6.07, 6.45) is -4.51. The molecule has 30 heavy (non-hydrogen) atoms. The third-order valence-corrected chi connectivity index (χ3v) is 5.06. The van der Waals surface area contributed by atoms with Gasteiger partial charge in [-0.15, -0.1) is 13.2 Å². The molecule has 1 aromatic heterocycles. The fourth-order valence-electron chi connectivity index (χ4n) is 3.34. The minimum Gasteiger partial charge on any atom is -0.406 e. The molecule has 0 bridgehead atoms. The van der Waals surface area contributed by atoms with Crippen LogP contribution in [0.5, 0.6) is 5.75 Å². The van der Waals surface area contributed by atoms with E-state index in [2.05, 4.69) is 14.9 Å². The van der Waals surface area contributed by atoms with Gasteiger partial charge in [0.2, 0.25) is 17.6 Å². The molecule has 2 heterocycles. The Labute approximate surface area is 170 Å². The van der Waals surface area contributed by atoms with Crippen molar-refractivity contribution >= 4 is 11.6 Å². The fraction of sp³-hybridized carbons (Fsp3) is 0.286. The number of anilines is 1. The zero-order valence-corrected chi connectivity index (χ0v) is 16.2. The van der Waals surface area contributed by atoms with E-state index in [0.29, 0.717) is 18.0 Å². The first kappa shape index (κ1) is 19.9. The molecule has 1 atom stereocenters. The molecule has 1 unspecified atom stereocenters. The van der Waals surface area contributed by atoms with Crippen molar-refractivity contribution in [3.8, 4) is 17.1 Å². The topological polar surface area (TPSA) is 68.5 Å². The van der Waals surface area contributed by atoms with Crippen molar-refractivity contribution < 1.29 is 27.2 Å². The highest BCUT2D eigenvalue weighted by Crippen LogP contribution is 2.33. The van der Waals surface area contributed by atoms with Crippen molar-refractivity contribution in [2.45, 2.75) is 32.5 Å². The Hall–Kier alpha value is -3.36. The standard InChI is InChI=1S/C21H18F3N3O3/c1-12-3-6-16(9-13(12)2)27-11-15(10-18(27)28)20-25-19(26-30-20)14-4-7-17(8-5-14)29-21(22,23)24/h3-9,15H,10-11H2,1-2H3. The number of aryl methyl sites for hydroxylation is 2. The number of rotatable bonds is 4. The molecule has 156 valence electrons. The second-order valence-electron chi connectivity index (χ2n) is 7.20. The Kier molecular flexibility index (Phi) is 4.97. The lowest BCUT2D eigenvalue weighted by atomic mass is 10.1. The highest BCUT2D eigenvalue weighted by molar-refractivity contribution is 5.96. The molecular weight excluding hydrogens is 399 g/mol. The second kappa shape index (κ2) is 7.47. The van der Waals surface area contributed by atoms with Gasteiger partial charge in [-0.3, -0.25) is 4.79 Å². The number of alkyl halides is 3. The Morgan fingerprint density at radius 2 is 1.83 bits per heavy atom. The van der Waals surface area contributed by atoms with Crippen LogP contribution < -0.4 is 9.64 Å². The van der Waals surface area contributed by atoms with Crippen LogP contribution in [0.15, 0.2) is 47.0 Å². The van der Waals surface area contributed by atoms with Gasteiger partial charge in [0.25, 0.3) is 0 Å². The maximum absolute atomic E-state index is 12.5. The molecule has 4 rings (SSSR count). The SMILES string of the molecule is Cc1ccc(N2CC(c3nc(-c4ccc(OC(F)(F)F)cc4)no3)CC2=O)cc1C. The Morgan fingerprint density at radius 3 is 2.50 bits per heavy atom. The number of amides is 1. The zero-order valence-electron chi connectivity index (χ0n) is 16.2. The summed E-state index contributed by atoms with van der Waals surface area (Å²) in [6, 6.07) is 11.0. The summed E-state index contributed by atoms with van der Waals surface area (Å²) < 4.78 is 46.0. The molecule has 0 radical (unpaired) electrons. The number of ether oxygens (including phenoxy) is 1. The van der Waals surface area contributed by atoms with Gasteiger partial charge in [-0.2, -0.15) is 4.98 Å². The van der Waals surface area contributed by atoms with Crippen LogP contribution in [0.2, 0.25) is 0 Å². The molecule has 2 aromatic carbocycles. The molecule has 0 spiro atoms. The first-order valence-electron chi connectivity index (χ1n) is 9.27. The van der Waals surface area contributed by atoms with Crippen LogP contribution >= 0.6 is 0 Å². The minimum atomic E-state index is -4.75. The van der Waals surface area contributed by atoms with Crippen molar-refractivity contribution in [1.29, 1.82) is 0 Å². The van der Waals surface area contributed by atoms with Gasteiger partial charge in [0.15, 0.2) is 0 Å². The molecule has 6 nitrogen and oxygen atoms in total. The van der Waals surface area contributed by atoms with E-state index in [0.717, 1.165) is 16.8 Å². The largest absolute Gasteiger partial charge is 0.573 e. The van der Waals surface area contributed by atoms with Crippen LogP contribution in [0.25, 0.3) is 11.4 Å². The van der Waals surface area contributed by atoms with Gasteiger partial charge in [0, 0.05) is 24.2 Å². The maximum Gasteiger partial charge on any atom is 0.573 e. The van der Waals surface area contributed by atoms with Crippen molar-refractivity contribution in [1.82, 2.24) is 10.1 Å².